The second-order valence-electron chi connectivity index (χ2n) is 5.22. The fourth-order valence-corrected chi connectivity index (χ4v) is 2.40. The van der Waals surface area contributed by atoms with E-state index in [1.165, 1.54) is 32.6 Å². The van der Waals surface area contributed by atoms with Gasteiger partial charge in [0.2, 0.25) is 0 Å². The van der Waals surface area contributed by atoms with E-state index in [-0.39, 0.29) is 0 Å². The average molecular weight is 213 g/mol. The molecule has 90 valence electrons. The third kappa shape index (κ3) is 4.49. The lowest BCUT2D eigenvalue weighted by atomic mass is 10.00. The summed E-state index contributed by atoms with van der Waals surface area (Å²) in [6, 6.07) is 0.746. The Morgan fingerprint density at radius 2 is 2.07 bits per heavy atom. The van der Waals surface area contributed by atoms with Gasteiger partial charge in [-0.05, 0) is 38.9 Å². The summed E-state index contributed by atoms with van der Waals surface area (Å²) in [5.41, 5.74) is 5.58. The topological polar surface area (TPSA) is 32.5 Å². The molecule has 0 aromatic heterocycles. The SMILES string of the molecule is CC(C)CC1CN(C)CCN1CCCN. The lowest BCUT2D eigenvalue weighted by Gasteiger charge is -2.41. The van der Waals surface area contributed by atoms with Gasteiger partial charge >= 0.3 is 0 Å². The fraction of sp³-hybridized carbons (Fsp3) is 1.00. The molecule has 0 radical (unpaired) electrons. The van der Waals surface area contributed by atoms with Crippen LogP contribution in [0.25, 0.3) is 0 Å². The second kappa shape index (κ2) is 6.46. The highest BCUT2D eigenvalue weighted by molar-refractivity contribution is 4.81. The molecule has 0 amide bonds. The van der Waals surface area contributed by atoms with Crippen LogP contribution in [0.3, 0.4) is 0 Å². The number of piperazine rings is 1. The number of nitrogens with zero attached hydrogens (tertiary/aromatic N) is 2. The molecule has 2 N–H and O–H groups in total. The highest BCUT2D eigenvalue weighted by Gasteiger charge is 2.24. The maximum Gasteiger partial charge on any atom is 0.0226 e. The Bertz CT molecular complexity index is 166. The molecule has 1 aliphatic rings. The first-order valence-electron chi connectivity index (χ1n) is 6.26. The van der Waals surface area contributed by atoms with Crippen LogP contribution in [-0.4, -0.2) is 55.6 Å². The van der Waals surface area contributed by atoms with Crippen molar-refractivity contribution in [3.05, 3.63) is 0 Å². The first kappa shape index (κ1) is 12.9. The summed E-state index contributed by atoms with van der Waals surface area (Å²) in [5, 5.41) is 0. The van der Waals surface area contributed by atoms with Crippen molar-refractivity contribution >= 4 is 0 Å². The van der Waals surface area contributed by atoms with Gasteiger partial charge < -0.3 is 10.6 Å². The molecule has 1 aliphatic heterocycles. The van der Waals surface area contributed by atoms with Crippen molar-refractivity contribution in [3.63, 3.8) is 0 Å². The van der Waals surface area contributed by atoms with E-state index in [0.29, 0.717) is 0 Å². The number of hydrogen-bond donors (Lipinski definition) is 1. The third-order valence-electron chi connectivity index (χ3n) is 3.20. The summed E-state index contributed by atoms with van der Waals surface area (Å²) >= 11 is 0. The van der Waals surface area contributed by atoms with Gasteiger partial charge in [0.05, 0.1) is 0 Å². The Morgan fingerprint density at radius 3 is 2.67 bits per heavy atom. The molecule has 0 bridgehead atoms. The van der Waals surface area contributed by atoms with Crippen molar-refractivity contribution in [1.82, 2.24) is 9.80 Å². The normalized spacial score (nSPS) is 25.0. The van der Waals surface area contributed by atoms with Gasteiger partial charge in [-0.25, -0.2) is 0 Å². The Labute approximate surface area is 94.6 Å². The Balaban J connectivity index is 2.42. The Hall–Kier alpha value is -0.120. The van der Waals surface area contributed by atoms with Gasteiger partial charge in [-0.3, -0.25) is 4.90 Å². The number of nitrogens with two attached hydrogens (primary N) is 1. The van der Waals surface area contributed by atoms with Gasteiger partial charge in [0.15, 0.2) is 0 Å². The van der Waals surface area contributed by atoms with E-state index < -0.39 is 0 Å². The summed E-state index contributed by atoms with van der Waals surface area (Å²) < 4.78 is 0. The summed E-state index contributed by atoms with van der Waals surface area (Å²) in [5.74, 6) is 0.793. The van der Waals surface area contributed by atoms with Crippen LogP contribution in [-0.2, 0) is 0 Å². The lowest BCUT2D eigenvalue weighted by molar-refractivity contribution is 0.0768. The van der Waals surface area contributed by atoms with Gasteiger partial charge in [-0.2, -0.15) is 0 Å². The molecule has 0 aromatic rings. The summed E-state index contributed by atoms with van der Waals surface area (Å²) in [4.78, 5) is 5.08. The van der Waals surface area contributed by atoms with E-state index in [1.54, 1.807) is 0 Å². The molecular weight excluding hydrogens is 186 g/mol. The van der Waals surface area contributed by atoms with E-state index in [1.807, 2.05) is 0 Å². The molecule has 1 heterocycles. The van der Waals surface area contributed by atoms with Crippen LogP contribution in [0.2, 0.25) is 0 Å². The van der Waals surface area contributed by atoms with Crippen LogP contribution in [0.5, 0.6) is 0 Å². The fourth-order valence-electron chi connectivity index (χ4n) is 2.40. The summed E-state index contributed by atoms with van der Waals surface area (Å²) in [6.45, 7) is 10.3. The van der Waals surface area contributed by atoms with E-state index in [0.717, 1.165) is 24.9 Å². The zero-order valence-corrected chi connectivity index (χ0v) is 10.6. The van der Waals surface area contributed by atoms with Gasteiger partial charge in [0.25, 0.3) is 0 Å². The largest absolute Gasteiger partial charge is 0.330 e. The van der Waals surface area contributed by atoms with Crippen LogP contribution in [0, 0.1) is 5.92 Å². The minimum Gasteiger partial charge on any atom is -0.330 e. The quantitative estimate of drug-likeness (QED) is 0.739. The molecule has 0 saturated carbocycles. The van der Waals surface area contributed by atoms with E-state index >= 15 is 0 Å². The highest BCUT2D eigenvalue weighted by atomic mass is 15.3. The molecule has 1 unspecified atom stereocenters. The van der Waals surface area contributed by atoms with Gasteiger partial charge in [-0.1, -0.05) is 13.8 Å². The minimum atomic E-state index is 0.746. The smallest absolute Gasteiger partial charge is 0.0226 e. The van der Waals surface area contributed by atoms with Gasteiger partial charge in [0, 0.05) is 25.7 Å². The van der Waals surface area contributed by atoms with Crippen molar-refractivity contribution in [3.8, 4) is 0 Å². The van der Waals surface area contributed by atoms with Crippen molar-refractivity contribution in [1.29, 1.82) is 0 Å². The summed E-state index contributed by atoms with van der Waals surface area (Å²) in [7, 11) is 2.23. The molecule has 1 fully saturated rings. The lowest BCUT2D eigenvalue weighted by Crippen LogP contribution is -2.52. The Kier molecular flexibility index (Phi) is 5.58. The molecular formula is C12H27N3. The van der Waals surface area contributed by atoms with Crippen molar-refractivity contribution in [2.45, 2.75) is 32.7 Å². The first-order valence-corrected chi connectivity index (χ1v) is 6.26. The summed E-state index contributed by atoms with van der Waals surface area (Å²) in [6.07, 6.45) is 2.45. The number of rotatable bonds is 5. The monoisotopic (exact) mass is 213 g/mol. The molecule has 3 nitrogen and oxygen atoms in total. The number of hydrogen-bond acceptors (Lipinski definition) is 3. The van der Waals surface area contributed by atoms with Crippen molar-refractivity contribution < 1.29 is 0 Å². The zero-order chi connectivity index (χ0) is 11.3. The van der Waals surface area contributed by atoms with Crippen LogP contribution >= 0.6 is 0 Å². The molecule has 0 spiro atoms. The van der Waals surface area contributed by atoms with Crippen molar-refractivity contribution in [2.75, 3.05) is 39.8 Å². The van der Waals surface area contributed by atoms with Crippen LogP contribution in [0.15, 0.2) is 0 Å². The predicted molar refractivity (Wildman–Crippen MR) is 66.0 cm³/mol. The van der Waals surface area contributed by atoms with Crippen molar-refractivity contribution in [2.24, 2.45) is 11.7 Å². The maximum absolute atomic E-state index is 5.58. The molecule has 3 heteroatoms. The average Bonchev–Trinajstić information content (AvgIpc) is 2.16. The number of likely N-dealkylation sites (N-methyl/N-ethyl adjacent to an activating group) is 1. The Morgan fingerprint density at radius 1 is 1.33 bits per heavy atom. The molecule has 15 heavy (non-hydrogen) atoms. The van der Waals surface area contributed by atoms with Gasteiger partial charge in [-0.15, -0.1) is 0 Å². The van der Waals surface area contributed by atoms with E-state index in [9.17, 15) is 0 Å². The minimum absolute atomic E-state index is 0.746. The van der Waals surface area contributed by atoms with Gasteiger partial charge in [0.1, 0.15) is 0 Å². The van der Waals surface area contributed by atoms with Crippen LogP contribution in [0.1, 0.15) is 26.7 Å². The van der Waals surface area contributed by atoms with Crippen LogP contribution < -0.4 is 5.73 Å². The van der Waals surface area contributed by atoms with E-state index in [4.69, 9.17) is 5.73 Å². The molecule has 0 aromatic carbocycles. The molecule has 1 saturated heterocycles. The predicted octanol–water partition coefficient (Wildman–Crippen LogP) is 0.997. The van der Waals surface area contributed by atoms with Crippen LogP contribution in [0.4, 0.5) is 0 Å². The highest BCUT2D eigenvalue weighted by Crippen LogP contribution is 2.16. The molecule has 0 aliphatic carbocycles. The first-order chi connectivity index (χ1) is 7.13. The molecule has 1 atom stereocenters. The standard InChI is InChI=1S/C12H27N3/c1-11(2)9-12-10-14(3)7-8-15(12)6-4-5-13/h11-12H,4-10,13H2,1-3H3. The maximum atomic E-state index is 5.58. The second-order valence-corrected chi connectivity index (χ2v) is 5.22. The zero-order valence-electron chi connectivity index (χ0n) is 10.6. The molecule has 1 rings (SSSR count). The van der Waals surface area contributed by atoms with E-state index in [2.05, 4.69) is 30.7 Å². The third-order valence-corrected chi connectivity index (χ3v) is 3.20.